The molecule has 1 fully saturated rings. The van der Waals surface area contributed by atoms with E-state index in [9.17, 15) is 4.79 Å². The van der Waals surface area contributed by atoms with E-state index in [0.717, 1.165) is 25.9 Å². The van der Waals surface area contributed by atoms with E-state index >= 15 is 0 Å². The fourth-order valence-electron chi connectivity index (χ4n) is 2.74. The largest absolute Gasteiger partial charge is 0.367 e. The van der Waals surface area contributed by atoms with Crippen LogP contribution in [0.4, 0.5) is 5.95 Å². The van der Waals surface area contributed by atoms with Crippen molar-refractivity contribution in [3.63, 3.8) is 0 Å². The van der Waals surface area contributed by atoms with Crippen LogP contribution in [0.2, 0.25) is 0 Å². The maximum atomic E-state index is 11.8. The van der Waals surface area contributed by atoms with Crippen LogP contribution in [0.5, 0.6) is 0 Å². The topological polar surface area (TPSA) is 104 Å². The second-order valence-electron chi connectivity index (χ2n) is 5.59. The highest BCUT2D eigenvalue weighted by atomic mass is 16.1. The lowest BCUT2D eigenvalue weighted by molar-refractivity contribution is 0.352. The average Bonchev–Trinajstić information content (AvgIpc) is 2.97. The summed E-state index contributed by atoms with van der Waals surface area (Å²) < 4.78 is 0. The third-order valence-corrected chi connectivity index (χ3v) is 4.12. The molecule has 4 N–H and O–H groups in total. The molecule has 1 aliphatic heterocycles. The normalized spacial score (nSPS) is 17.9. The summed E-state index contributed by atoms with van der Waals surface area (Å²) in [7, 11) is 0. The molecule has 1 saturated heterocycles. The number of nitrogens with zero attached hydrogens (tertiary/aromatic N) is 3. The Labute approximate surface area is 122 Å². The minimum Gasteiger partial charge on any atom is -0.367 e. The first-order chi connectivity index (χ1) is 10.1. The van der Waals surface area contributed by atoms with Crippen LogP contribution in [0, 0.1) is 5.92 Å². The quantitative estimate of drug-likeness (QED) is 0.772. The lowest BCUT2D eigenvalue weighted by Gasteiger charge is -2.32. The van der Waals surface area contributed by atoms with Crippen LogP contribution in [0.1, 0.15) is 19.8 Å². The van der Waals surface area contributed by atoms with E-state index in [-0.39, 0.29) is 11.5 Å². The highest BCUT2D eigenvalue weighted by Crippen LogP contribution is 2.23. The first kappa shape index (κ1) is 13.8. The lowest BCUT2D eigenvalue weighted by Crippen LogP contribution is -2.40. The number of hydrogen-bond donors (Lipinski definition) is 3. The van der Waals surface area contributed by atoms with E-state index in [1.807, 2.05) is 0 Å². The molecular formula is C14H20N6O. The van der Waals surface area contributed by atoms with Gasteiger partial charge in [-0.05, 0) is 25.7 Å². The standard InChI is InChI=1S/C14H20N6O/c1-9(15)10-3-6-20(7-4-10)14-17-13(18-19-14)11-8-16-5-2-12(11)21/h2,5,8-10H,3-4,6-7,15H2,1H3,(H,16,21)(H,17,18,19). The molecular weight excluding hydrogens is 268 g/mol. The van der Waals surface area contributed by atoms with Gasteiger partial charge in [-0.25, -0.2) is 0 Å². The van der Waals surface area contributed by atoms with Gasteiger partial charge in [-0.1, -0.05) is 0 Å². The molecule has 1 unspecified atom stereocenters. The molecule has 112 valence electrons. The molecule has 0 radical (unpaired) electrons. The highest BCUT2D eigenvalue weighted by Gasteiger charge is 2.24. The van der Waals surface area contributed by atoms with Crippen molar-refractivity contribution in [1.29, 1.82) is 0 Å². The lowest BCUT2D eigenvalue weighted by atomic mass is 9.91. The Bertz CT molecular complexity index is 653. The molecule has 2 aromatic rings. The van der Waals surface area contributed by atoms with Gasteiger partial charge in [0.1, 0.15) is 0 Å². The second-order valence-corrected chi connectivity index (χ2v) is 5.59. The van der Waals surface area contributed by atoms with E-state index < -0.39 is 0 Å². The molecule has 0 saturated carbocycles. The van der Waals surface area contributed by atoms with Gasteiger partial charge < -0.3 is 15.6 Å². The number of aromatic amines is 2. The number of pyridine rings is 1. The zero-order chi connectivity index (χ0) is 14.8. The summed E-state index contributed by atoms with van der Waals surface area (Å²) in [5.74, 6) is 1.72. The zero-order valence-corrected chi connectivity index (χ0v) is 12.0. The first-order valence-corrected chi connectivity index (χ1v) is 7.25. The van der Waals surface area contributed by atoms with E-state index in [1.54, 1.807) is 12.4 Å². The van der Waals surface area contributed by atoms with Crippen LogP contribution in [-0.2, 0) is 0 Å². The third kappa shape index (κ3) is 2.82. The Balaban J connectivity index is 1.75. The second kappa shape index (κ2) is 5.69. The van der Waals surface area contributed by atoms with Gasteiger partial charge in [0, 0.05) is 37.6 Å². The number of piperidine rings is 1. The number of nitrogens with two attached hydrogens (primary N) is 1. The number of anilines is 1. The molecule has 3 rings (SSSR count). The molecule has 3 heterocycles. The third-order valence-electron chi connectivity index (χ3n) is 4.12. The van der Waals surface area contributed by atoms with E-state index in [2.05, 4.69) is 32.0 Å². The van der Waals surface area contributed by atoms with Crippen molar-refractivity contribution in [1.82, 2.24) is 20.2 Å². The summed E-state index contributed by atoms with van der Waals surface area (Å²) in [5.41, 5.74) is 6.38. The molecule has 2 aromatic heterocycles. The fraction of sp³-hybridized carbons (Fsp3) is 0.500. The van der Waals surface area contributed by atoms with Gasteiger partial charge in [0.15, 0.2) is 11.3 Å². The Kier molecular flexibility index (Phi) is 3.74. The van der Waals surface area contributed by atoms with Crippen molar-refractivity contribution in [2.45, 2.75) is 25.8 Å². The summed E-state index contributed by atoms with van der Waals surface area (Å²) in [5, 5.41) is 7.08. The SMILES string of the molecule is CC(N)C1CCN(c2n[nH]c(-c3c[nH]ccc3=O)n2)CC1. The number of hydrogen-bond acceptors (Lipinski definition) is 5. The van der Waals surface area contributed by atoms with Crippen molar-refractivity contribution in [2.75, 3.05) is 18.0 Å². The smallest absolute Gasteiger partial charge is 0.245 e. The maximum Gasteiger partial charge on any atom is 0.245 e. The molecule has 21 heavy (non-hydrogen) atoms. The summed E-state index contributed by atoms with van der Waals surface area (Å²) >= 11 is 0. The Morgan fingerprint density at radius 2 is 2.19 bits per heavy atom. The van der Waals surface area contributed by atoms with Crippen LogP contribution >= 0.6 is 0 Å². The molecule has 7 nitrogen and oxygen atoms in total. The van der Waals surface area contributed by atoms with Crippen molar-refractivity contribution < 1.29 is 0 Å². The molecule has 7 heteroatoms. The van der Waals surface area contributed by atoms with Crippen molar-refractivity contribution in [3.05, 3.63) is 28.7 Å². The van der Waals surface area contributed by atoms with Gasteiger partial charge in [-0.3, -0.25) is 9.89 Å². The van der Waals surface area contributed by atoms with Crippen LogP contribution in [0.3, 0.4) is 0 Å². The van der Waals surface area contributed by atoms with Crippen molar-refractivity contribution in [3.8, 4) is 11.4 Å². The van der Waals surface area contributed by atoms with E-state index in [1.165, 1.54) is 6.07 Å². The van der Waals surface area contributed by atoms with Crippen molar-refractivity contribution in [2.24, 2.45) is 11.7 Å². The number of aromatic nitrogens is 4. The minimum atomic E-state index is -0.0767. The molecule has 1 aliphatic rings. The number of H-pyrrole nitrogens is 2. The van der Waals surface area contributed by atoms with Gasteiger partial charge in [0.05, 0.1) is 5.56 Å². The van der Waals surface area contributed by atoms with Gasteiger partial charge in [-0.2, -0.15) is 4.98 Å². The molecule has 0 bridgehead atoms. The summed E-state index contributed by atoms with van der Waals surface area (Å²) in [6.45, 7) is 3.86. The van der Waals surface area contributed by atoms with E-state index in [0.29, 0.717) is 23.3 Å². The van der Waals surface area contributed by atoms with Crippen LogP contribution in [0.15, 0.2) is 23.3 Å². The monoisotopic (exact) mass is 288 g/mol. The molecule has 1 atom stereocenters. The predicted molar refractivity (Wildman–Crippen MR) is 81.0 cm³/mol. The van der Waals surface area contributed by atoms with Gasteiger partial charge >= 0.3 is 0 Å². The van der Waals surface area contributed by atoms with Crippen molar-refractivity contribution >= 4 is 5.95 Å². The molecule has 0 amide bonds. The van der Waals surface area contributed by atoms with Crippen LogP contribution in [0.25, 0.3) is 11.4 Å². The molecule has 0 spiro atoms. The maximum absolute atomic E-state index is 11.8. The van der Waals surface area contributed by atoms with Gasteiger partial charge in [0.2, 0.25) is 5.95 Å². The molecule has 0 aliphatic carbocycles. The first-order valence-electron chi connectivity index (χ1n) is 7.25. The zero-order valence-electron chi connectivity index (χ0n) is 12.0. The Morgan fingerprint density at radius 1 is 1.43 bits per heavy atom. The van der Waals surface area contributed by atoms with Crippen LogP contribution < -0.4 is 16.1 Å². The average molecular weight is 288 g/mol. The Morgan fingerprint density at radius 3 is 2.86 bits per heavy atom. The number of nitrogens with one attached hydrogen (secondary N) is 2. The summed E-state index contributed by atoms with van der Waals surface area (Å²) in [6.07, 6.45) is 5.33. The highest BCUT2D eigenvalue weighted by molar-refractivity contribution is 5.54. The summed E-state index contributed by atoms with van der Waals surface area (Å²) in [6, 6.07) is 1.71. The summed E-state index contributed by atoms with van der Waals surface area (Å²) in [4.78, 5) is 21.3. The molecule has 0 aromatic carbocycles. The van der Waals surface area contributed by atoms with Gasteiger partial charge in [-0.15, -0.1) is 5.10 Å². The number of rotatable bonds is 3. The van der Waals surface area contributed by atoms with Crippen LogP contribution in [-0.4, -0.2) is 39.3 Å². The van der Waals surface area contributed by atoms with Gasteiger partial charge in [0.25, 0.3) is 0 Å². The Hall–Kier alpha value is -2.15. The fourth-order valence-corrected chi connectivity index (χ4v) is 2.74. The predicted octanol–water partition coefficient (Wildman–Crippen LogP) is 0.724. The van der Waals surface area contributed by atoms with E-state index in [4.69, 9.17) is 5.73 Å². The minimum absolute atomic E-state index is 0.0767.